The normalized spacial score (nSPS) is 10.7. The molecule has 0 aliphatic heterocycles. The van der Waals surface area contributed by atoms with Gasteiger partial charge in [-0.3, -0.25) is 9.59 Å². The number of ether oxygens (including phenoxy) is 1. The maximum Gasteiger partial charge on any atom is 0.240 e. The van der Waals surface area contributed by atoms with Crippen molar-refractivity contribution < 1.29 is 14.3 Å². The van der Waals surface area contributed by atoms with Crippen molar-refractivity contribution >= 4 is 39.6 Å². The van der Waals surface area contributed by atoms with Crippen molar-refractivity contribution in [3.63, 3.8) is 0 Å². The number of rotatable bonds is 9. The number of hydrogen-bond acceptors (Lipinski definition) is 4. The van der Waals surface area contributed by atoms with Gasteiger partial charge in [0.1, 0.15) is 12.4 Å². The fourth-order valence-corrected chi connectivity index (χ4v) is 3.11. The molecule has 0 fully saturated rings. The monoisotopic (exact) mass is 493 g/mol. The molecule has 3 aromatic carbocycles. The number of halogens is 1. The van der Waals surface area contributed by atoms with Crippen molar-refractivity contribution in [1.82, 2.24) is 5.43 Å². The van der Waals surface area contributed by atoms with Gasteiger partial charge in [-0.15, -0.1) is 0 Å². The molecule has 0 aliphatic carbocycles. The van der Waals surface area contributed by atoms with Crippen molar-refractivity contribution in [3.05, 3.63) is 94.0 Å². The average molecular weight is 494 g/mol. The Morgan fingerprint density at radius 3 is 2.41 bits per heavy atom. The van der Waals surface area contributed by atoms with E-state index in [9.17, 15) is 9.59 Å². The molecule has 164 valence electrons. The molecule has 2 amide bonds. The second-order valence-corrected chi connectivity index (χ2v) is 8.02. The Kier molecular flexibility index (Phi) is 8.57. The molecule has 0 saturated carbocycles. The molecule has 6 nitrogen and oxygen atoms in total. The predicted molar refractivity (Wildman–Crippen MR) is 130 cm³/mol. The third kappa shape index (κ3) is 7.35. The van der Waals surface area contributed by atoms with Gasteiger partial charge < -0.3 is 10.1 Å². The number of para-hydroxylation sites is 2. The minimum absolute atomic E-state index is 0.0385. The van der Waals surface area contributed by atoms with Crippen LogP contribution < -0.4 is 15.5 Å². The van der Waals surface area contributed by atoms with Gasteiger partial charge in [0.15, 0.2) is 0 Å². The lowest BCUT2D eigenvalue weighted by atomic mass is 10.2. The van der Waals surface area contributed by atoms with Crippen LogP contribution in [-0.2, 0) is 16.2 Å². The molecule has 3 aromatic rings. The lowest BCUT2D eigenvalue weighted by Crippen LogP contribution is -2.20. The van der Waals surface area contributed by atoms with Crippen LogP contribution in [-0.4, -0.2) is 18.0 Å². The van der Waals surface area contributed by atoms with E-state index < -0.39 is 0 Å². The van der Waals surface area contributed by atoms with Crippen molar-refractivity contribution in [1.29, 1.82) is 0 Å². The van der Waals surface area contributed by atoms with Crippen LogP contribution in [0, 0.1) is 6.92 Å². The highest BCUT2D eigenvalue weighted by atomic mass is 79.9. The molecular weight excluding hydrogens is 470 g/mol. The number of hydrazone groups is 1. The molecule has 3 rings (SSSR count). The first-order valence-corrected chi connectivity index (χ1v) is 10.9. The van der Waals surface area contributed by atoms with Crippen LogP contribution in [0.2, 0.25) is 0 Å². The van der Waals surface area contributed by atoms with Gasteiger partial charge in [-0.25, -0.2) is 5.43 Å². The number of nitrogens with zero attached hydrogens (tertiary/aromatic N) is 1. The zero-order valence-corrected chi connectivity index (χ0v) is 19.3. The molecule has 2 N–H and O–H groups in total. The highest BCUT2D eigenvalue weighted by Gasteiger charge is 2.08. The first-order chi connectivity index (χ1) is 15.5. The van der Waals surface area contributed by atoms with E-state index in [1.807, 2.05) is 79.7 Å². The van der Waals surface area contributed by atoms with Gasteiger partial charge in [0.25, 0.3) is 0 Å². The van der Waals surface area contributed by atoms with Gasteiger partial charge in [-0.05, 0) is 48.4 Å². The van der Waals surface area contributed by atoms with Crippen LogP contribution in [0.1, 0.15) is 29.5 Å². The summed E-state index contributed by atoms with van der Waals surface area (Å²) in [4.78, 5) is 24.1. The Labute approximate surface area is 195 Å². The van der Waals surface area contributed by atoms with E-state index in [1.54, 1.807) is 0 Å². The quantitative estimate of drug-likeness (QED) is 0.317. The molecule has 7 heteroatoms. The van der Waals surface area contributed by atoms with Crippen LogP contribution in [0.5, 0.6) is 5.75 Å². The lowest BCUT2D eigenvalue weighted by molar-refractivity contribution is -0.124. The number of aryl methyl sites for hydroxylation is 1. The van der Waals surface area contributed by atoms with Crippen molar-refractivity contribution in [3.8, 4) is 5.75 Å². The minimum atomic E-state index is -0.338. The van der Waals surface area contributed by atoms with E-state index in [-0.39, 0.29) is 24.7 Å². The summed E-state index contributed by atoms with van der Waals surface area (Å²) in [5, 5.41) is 6.81. The molecule has 0 heterocycles. The first kappa shape index (κ1) is 23.2. The number of benzene rings is 3. The second kappa shape index (κ2) is 11.8. The molecule has 0 saturated heterocycles. The van der Waals surface area contributed by atoms with Gasteiger partial charge in [0.2, 0.25) is 11.8 Å². The highest BCUT2D eigenvalue weighted by Crippen LogP contribution is 2.18. The summed E-state index contributed by atoms with van der Waals surface area (Å²) in [7, 11) is 0. The average Bonchev–Trinajstić information content (AvgIpc) is 2.80. The third-order valence-corrected chi connectivity index (χ3v) is 5.15. The van der Waals surface area contributed by atoms with Gasteiger partial charge in [0, 0.05) is 28.6 Å². The number of nitrogens with one attached hydrogen (secondary N) is 2. The van der Waals surface area contributed by atoms with E-state index in [2.05, 4.69) is 31.8 Å². The topological polar surface area (TPSA) is 79.8 Å². The summed E-state index contributed by atoms with van der Waals surface area (Å²) in [6, 6.07) is 22.8. The van der Waals surface area contributed by atoms with Crippen LogP contribution >= 0.6 is 15.9 Å². The molecule has 0 radical (unpaired) electrons. The summed E-state index contributed by atoms with van der Waals surface area (Å²) < 4.78 is 6.90. The van der Waals surface area contributed by atoms with Gasteiger partial charge in [-0.2, -0.15) is 5.10 Å². The lowest BCUT2D eigenvalue weighted by Gasteiger charge is -2.09. The Bertz CT molecular complexity index is 1100. The van der Waals surface area contributed by atoms with Crippen LogP contribution in [0.3, 0.4) is 0 Å². The number of hydrogen-bond donors (Lipinski definition) is 2. The maximum absolute atomic E-state index is 12.1. The number of amides is 2. The summed E-state index contributed by atoms with van der Waals surface area (Å²) in [5.74, 6) is 0.102. The van der Waals surface area contributed by atoms with E-state index in [0.29, 0.717) is 12.4 Å². The van der Waals surface area contributed by atoms with E-state index in [1.165, 1.54) is 6.21 Å². The van der Waals surface area contributed by atoms with Gasteiger partial charge in [0.05, 0.1) is 6.21 Å². The summed E-state index contributed by atoms with van der Waals surface area (Å²) in [6.07, 6.45) is 1.64. The van der Waals surface area contributed by atoms with Crippen LogP contribution in [0.4, 0.5) is 5.69 Å². The number of carbonyl (C=O) groups is 2. The zero-order chi connectivity index (χ0) is 22.8. The van der Waals surface area contributed by atoms with E-state index in [4.69, 9.17) is 4.74 Å². The number of anilines is 1. The smallest absolute Gasteiger partial charge is 0.240 e. The Hall–Kier alpha value is -3.45. The molecular formula is C25H24BrN3O3. The fourth-order valence-electron chi connectivity index (χ4n) is 2.84. The maximum atomic E-state index is 12.1. The van der Waals surface area contributed by atoms with Crippen molar-refractivity contribution in [2.45, 2.75) is 26.4 Å². The molecule has 0 unspecified atom stereocenters. The summed E-state index contributed by atoms with van der Waals surface area (Å²) >= 11 is 3.41. The first-order valence-electron chi connectivity index (χ1n) is 10.1. The van der Waals surface area contributed by atoms with Crippen LogP contribution in [0.25, 0.3) is 0 Å². The zero-order valence-electron chi connectivity index (χ0n) is 17.7. The third-order valence-electron chi connectivity index (χ3n) is 4.62. The second-order valence-electron chi connectivity index (χ2n) is 7.11. The predicted octanol–water partition coefficient (Wildman–Crippen LogP) is 5.21. The molecule has 32 heavy (non-hydrogen) atoms. The minimum Gasteiger partial charge on any atom is -0.488 e. The Morgan fingerprint density at radius 1 is 0.938 bits per heavy atom. The largest absolute Gasteiger partial charge is 0.488 e. The summed E-state index contributed by atoms with van der Waals surface area (Å²) in [5.41, 5.74) is 5.95. The van der Waals surface area contributed by atoms with E-state index in [0.717, 1.165) is 26.9 Å². The number of carbonyl (C=O) groups excluding carboxylic acids is 2. The Balaban J connectivity index is 1.47. The molecule has 0 aliphatic rings. The standard InChI is InChI=1S/C25H24BrN3O3/c1-18-6-2-4-8-22(18)28-24(30)14-15-25(31)29-27-16-20-7-3-5-9-23(20)32-17-19-10-12-21(26)13-11-19/h2-13,16H,14-15,17H2,1H3,(H,28,30)(H,29,31)/b27-16+. The SMILES string of the molecule is Cc1ccccc1NC(=O)CCC(=O)N/N=C/c1ccccc1OCc1ccc(Br)cc1. The highest BCUT2D eigenvalue weighted by molar-refractivity contribution is 9.10. The van der Waals surface area contributed by atoms with E-state index >= 15 is 0 Å². The molecule has 0 aromatic heterocycles. The van der Waals surface area contributed by atoms with Crippen LogP contribution in [0.15, 0.2) is 82.4 Å². The van der Waals surface area contributed by atoms with Gasteiger partial charge >= 0.3 is 0 Å². The fraction of sp³-hybridized carbons (Fsp3) is 0.160. The van der Waals surface area contributed by atoms with Crippen molar-refractivity contribution in [2.75, 3.05) is 5.32 Å². The van der Waals surface area contributed by atoms with Gasteiger partial charge in [-0.1, -0.05) is 58.4 Å². The Morgan fingerprint density at radius 2 is 1.62 bits per heavy atom. The molecule has 0 bridgehead atoms. The molecule has 0 spiro atoms. The van der Waals surface area contributed by atoms with Crippen molar-refractivity contribution in [2.24, 2.45) is 5.10 Å². The molecule has 0 atom stereocenters. The summed E-state index contributed by atoms with van der Waals surface area (Å²) in [6.45, 7) is 2.33.